The number of anilines is 2. The molecule has 1 saturated carbocycles. The number of rotatable bonds is 10. The highest BCUT2D eigenvalue weighted by Crippen LogP contribution is 2.37. The first kappa shape index (κ1) is 27.5. The zero-order chi connectivity index (χ0) is 28.3. The second kappa shape index (κ2) is 11.6. The summed E-state index contributed by atoms with van der Waals surface area (Å²) in [6, 6.07) is 13.8. The minimum Gasteiger partial charge on any atom is -0.457 e. The van der Waals surface area contributed by atoms with E-state index < -0.39 is 15.9 Å². The van der Waals surface area contributed by atoms with Crippen molar-refractivity contribution < 1.29 is 26.6 Å². The van der Waals surface area contributed by atoms with Gasteiger partial charge in [0.1, 0.15) is 23.0 Å². The molecule has 0 unspecified atom stereocenters. The molecule has 10 nitrogen and oxygen atoms in total. The van der Waals surface area contributed by atoms with Crippen molar-refractivity contribution in [3.05, 3.63) is 71.8 Å². The number of imidazole rings is 1. The van der Waals surface area contributed by atoms with E-state index in [-0.39, 0.29) is 34.8 Å². The van der Waals surface area contributed by atoms with Crippen molar-refractivity contribution in [3.63, 3.8) is 0 Å². The number of carbonyl (C=O) groups excluding carboxylic acids is 1. The maximum atomic E-state index is 14.5. The highest BCUT2D eigenvalue weighted by molar-refractivity contribution is 7.88. The maximum absolute atomic E-state index is 14.5. The maximum Gasteiger partial charge on any atom is 0.270 e. The number of amides is 1. The van der Waals surface area contributed by atoms with Crippen molar-refractivity contribution in [1.82, 2.24) is 24.6 Å². The zero-order valence-electron chi connectivity index (χ0n) is 22.3. The van der Waals surface area contributed by atoms with Crippen LogP contribution in [-0.4, -0.2) is 48.2 Å². The first-order valence-corrected chi connectivity index (χ1v) is 14.9. The molecule has 1 aliphatic carbocycles. The number of halogens is 1. The molecule has 1 amide bonds. The monoisotopic (exact) mass is 572 g/mol. The van der Waals surface area contributed by atoms with Gasteiger partial charge in [0.25, 0.3) is 5.91 Å². The summed E-state index contributed by atoms with van der Waals surface area (Å²) in [7, 11) is -1.43. The Balaban J connectivity index is 0.00000215. The predicted octanol–water partition coefficient (Wildman–Crippen LogP) is 5.32. The summed E-state index contributed by atoms with van der Waals surface area (Å²) >= 11 is 0. The predicted molar refractivity (Wildman–Crippen MR) is 157 cm³/mol. The molecule has 12 heteroatoms. The van der Waals surface area contributed by atoms with E-state index in [9.17, 15) is 17.6 Å². The molecule has 0 saturated heterocycles. The third kappa shape index (κ3) is 6.57. The lowest BCUT2D eigenvalue weighted by molar-refractivity contribution is 0.0949. The topological polar surface area (TPSA) is 127 Å². The number of ether oxygens (including phenoxy) is 1. The fraction of sp³-hybridized carbons (Fsp3) is 0.321. The number of aryl methyl sites for hydroxylation is 1. The third-order valence-corrected chi connectivity index (χ3v) is 7.60. The number of hydrogen-bond donors (Lipinski definition) is 3. The normalized spacial score (nSPS) is 14.0. The van der Waals surface area contributed by atoms with E-state index in [1.54, 1.807) is 24.3 Å². The summed E-state index contributed by atoms with van der Waals surface area (Å²) in [6.07, 6.45) is 6.81. The van der Waals surface area contributed by atoms with Crippen LogP contribution in [0.3, 0.4) is 0 Å². The molecule has 0 spiro atoms. The Hall–Kier alpha value is -4.03. The number of benzene rings is 2. The number of fused-ring (bicyclic) bond motifs is 1. The van der Waals surface area contributed by atoms with E-state index in [1.807, 2.05) is 23.7 Å². The minimum atomic E-state index is -3.33. The van der Waals surface area contributed by atoms with Crippen LogP contribution in [0.5, 0.6) is 11.5 Å². The Kier molecular flexibility index (Phi) is 7.99. The SMILES string of the molecule is Cn1c(Nc2ccc(F)c(C3CCCC3)c2)nc2cc(Oc3ccnc(C(=O)NCCNS(C)(=O)=O)c3)ccc21.[HH].[HH].[HH]. The molecule has 1 fully saturated rings. The van der Waals surface area contributed by atoms with E-state index >= 15 is 0 Å². The number of carbonyl (C=O) groups is 1. The van der Waals surface area contributed by atoms with Crippen molar-refractivity contribution in [1.29, 1.82) is 0 Å². The number of nitrogens with one attached hydrogen (secondary N) is 3. The molecular weight excluding hydrogens is 535 g/mol. The van der Waals surface area contributed by atoms with Crippen LogP contribution in [0.4, 0.5) is 16.0 Å². The van der Waals surface area contributed by atoms with Crippen LogP contribution in [0.15, 0.2) is 54.7 Å². The molecule has 3 N–H and O–H groups in total. The molecule has 5 rings (SSSR count). The van der Waals surface area contributed by atoms with E-state index in [4.69, 9.17) is 9.72 Å². The lowest BCUT2D eigenvalue weighted by atomic mass is 9.96. The molecule has 216 valence electrons. The quantitative estimate of drug-likeness (QED) is 0.220. The molecule has 40 heavy (non-hydrogen) atoms. The van der Waals surface area contributed by atoms with Gasteiger partial charge in [0.15, 0.2) is 0 Å². The standard InChI is InChI=1S/C28H31FN6O4S.3H2/c1-35-26-10-8-20(39-21-11-12-30-25(17-21)27(36)31-13-14-32-40(2,37)38)16-24(26)34-28(35)33-19-7-9-23(29)22(15-19)18-5-3-4-6-18;;;/h7-12,15-18,32H,3-6,13-14H2,1-2H3,(H,31,36)(H,33,34);3*1H. The largest absolute Gasteiger partial charge is 0.457 e. The molecule has 2 aromatic heterocycles. The van der Waals surface area contributed by atoms with Gasteiger partial charge in [-0.25, -0.2) is 22.5 Å². The molecule has 0 radical (unpaired) electrons. The summed E-state index contributed by atoms with van der Waals surface area (Å²) in [4.78, 5) is 21.2. The molecule has 0 aliphatic heterocycles. The van der Waals surface area contributed by atoms with E-state index in [0.717, 1.165) is 48.7 Å². The van der Waals surface area contributed by atoms with Gasteiger partial charge in [0, 0.05) is 48.4 Å². The minimum absolute atomic E-state index is 0. The summed E-state index contributed by atoms with van der Waals surface area (Å²) in [5, 5.41) is 5.94. The van der Waals surface area contributed by atoms with Gasteiger partial charge in [0.05, 0.1) is 17.3 Å². The van der Waals surface area contributed by atoms with Crippen LogP contribution in [-0.2, 0) is 17.1 Å². The van der Waals surface area contributed by atoms with Gasteiger partial charge >= 0.3 is 0 Å². The fourth-order valence-corrected chi connectivity index (χ4v) is 5.37. The summed E-state index contributed by atoms with van der Waals surface area (Å²) in [6.45, 7) is 0.190. The van der Waals surface area contributed by atoms with Crippen LogP contribution in [0.25, 0.3) is 11.0 Å². The number of sulfonamides is 1. The van der Waals surface area contributed by atoms with Crippen LogP contribution in [0.2, 0.25) is 0 Å². The summed E-state index contributed by atoms with van der Waals surface area (Å²) < 4.78 is 47.0. The number of aromatic nitrogens is 3. The lowest BCUT2D eigenvalue weighted by Gasteiger charge is -2.13. The van der Waals surface area contributed by atoms with Crippen LogP contribution >= 0.6 is 0 Å². The number of hydrogen-bond acceptors (Lipinski definition) is 7. The Morgan fingerprint density at radius 3 is 2.65 bits per heavy atom. The van der Waals surface area contributed by atoms with Crippen molar-refractivity contribution in [3.8, 4) is 11.5 Å². The number of pyridine rings is 1. The molecule has 2 aromatic carbocycles. The summed E-state index contributed by atoms with van der Waals surface area (Å²) in [5.74, 6) is 1.20. The fourth-order valence-electron chi connectivity index (χ4n) is 4.89. The molecule has 1 aliphatic rings. The van der Waals surface area contributed by atoms with Gasteiger partial charge in [-0.1, -0.05) is 12.8 Å². The average Bonchev–Trinajstić information content (AvgIpc) is 3.56. The Labute approximate surface area is 236 Å². The van der Waals surface area contributed by atoms with Crippen molar-refractivity contribution in [2.75, 3.05) is 24.7 Å². The van der Waals surface area contributed by atoms with Crippen LogP contribution in [0.1, 0.15) is 51.9 Å². The van der Waals surface area contributed by atoms with Crippen LogP contribution in [0, 0.1) is 5.82 Å². The highest BCUT2D eigenvalue weighted by atomic mass is 32.2. The van der Waals surface area contributed by atoms with Gasteiger partial charge in [-0.3, -0.25) is 9.78 Å². The molecule has 0 bridgehead atoms. The molecule has 0 atom stereocenters. The van der Waals surface area contributed by atoms with Crippen molar-refractivity contribution >= 4 is 38.6 Å². The van der Waals surface area contributed by atoms with Crippen LogP contribution < -0.4 is 20.1 Å². The first-order valence-electron chi connectivity index (χ1n) is 13.1. The lowest BCUT2D eigenvalue weighted by Crippen LogP contribution is -2.34. The molecular formula is C28H37FN6O4S. The Morgan fingerprint density at radius 1 is 1.10 bits per heavy atom. The average molecular weight is 573 g/mol. The zero-order valence-corrected chi connectivity index (χ0v) is 23.1. The first-order chi connectivity index (χ1) is 19.2. The second-order valence-corrected chi connectivity index (χ2v) is 11.7. The summed E-state index contributed by atoms with van der Waals surface area (Å²) in [5.41, 5.74) is 3.26. The third-order valence-electron chi connectivity index (χ3n) is 6.87. The highest BCUT2D eigenvalue weighted by Gasteiger charge is 2.21. The van der Waals surface area contributed by atoms with E-state index in [0.29, 0.717) is 23.0 Å². The van der Waals surface area contributed by atoms with Gasteiger partial charge in [0.2, 0.25) is 16.0 Å². The Bertz CT molecular complexity index is 1670. The van der Waals surface area contributed by atoms with E-state index in [1.165, 1.54) is 18.3 Å². The smallest absolute Gasteiger partial charge is 0.270 e. The Morgan fingerprint density at radius 2 is 1.88 bits per heavy atom. The molecule has 2 heterocycles. The van der Waals surface area contributed by atoms with Gasteiger partial charge in [-0.2, -0.15) is 0 Å². The van der Waals surface area contributed by atoms with E-state index in [2.05, 4.69) is 20.3 Å². The second-order valence-electron chi connectivity index (χ2n) is 9.89. The van der Waals surface area contributed by atoms with Crippen molar-refractivity contribution in [2.45, 2.75) is 31.6 Å². The number of nitrogens with zero attached hydrogens (tertiary/aromatic N) is 3. The van der Waals surface area contributed by atoms with Gasteiger partial charge in [-0.15, -0.1) is 0 Å². The van der Waals surface area contributed by atoms with Gasteiger partial charge in [-0.05, 0) is 60.7 Å². The van der Waals surface area contributed by atoms with Crippen molar-refractivity contribution in [2.24, 2.45) is 7.05 Å². The van der Waals surface area contributed by atoms with Gasteiger partial charge < -0.3 is 19.9 Å². The molecule has 4 aromatic rings.